The summed E-state index contributed by atoms with van der Waals surface area (Å²) in [7, 11) is 1.57. The first-order chi connectivity index (χ1) is 9.07. The molecular formula is C13H19N5O. The quantitative estimate of drug-likeness (QED) is 0.744. The molecule has 1 aromatic rings. The predicted octanol–water partition coefficient (Wildman–Crippen LogP) is 0.804. The highest BCUT2D eigenvalue weighted by molar-refractivity contribution is 5.93. The van der Waals surface area contributed by atoms with Gasteiger partial charge < -0.3 is 15.8 Å². The van der Waals surface area contributed by atoms with Gasteiger partial charge in [-0.3, -0.25) is 5.73 Å². The number of nitrogens with zero attached hydrogens (tertiary/aromatic N) is 2. The van der Waals surface area contributed by atoms with Crippen LogP contribution < -0.4 is 21.5 Å². The maximum Gasteiger partial charge on any atom is 0.212 e. The fraction of sp³-hybridized carbons (Fsp3) is 0.385. The Morgan fingerprint density at radius 3 is 2.79 bits per heavy atom. The molecule has 1 unspecified atom stereocenters. The molecule has 0 aliphatic carbocycles. The van der Waals surface area contributed by atoms with Gasteiger partial charge in [0.25, 0.3) is 0 Å². The molecule has 1 aliphatic rings. The molecule has 0 radical (unpaired) electrons. The molecule has 6 heteroatoms. The highest BCUT2D eigenvalue weighted by Gasteiger charge is 2.30. The Kier molecular flexibility index (Phi) is 3.71. The standard InChI is InChI=1S/C13H19N5O/c1-3-4-10-7-11(14)18-13(15,17-10)9-5-6-12(19-2)16-8-9/h5-8,17H,3-4,15H2,1-2H3,(H2,14,18). The van der Waals surface area contributed by atoms with Crippen LogP contribution >= 0.6 is 0 Å². The van der Waals surface area contributed by atoms with Crippen molar-refractivity contribution in [1.82, 2.24) is 10.3 Å². The lowest BCUT2D eigenvalue weighted by Gasteiger charge is -2.32. The number of aromatic nitrogens is 1. The molecule has 1 aliphatic heterocycles. The van der Waals surface area contributed by atoms with Gasteiger partial charge in [-0.2, -0.15) is 0 Å². The highest BCUT2D eigenvalue weighted by atomic mass is 16.5. The van der Waals surface area contributed by atoms with Crippen molar-refractivity contribution in [1.29, 1.82) is 0 Å². The molecule has 0 amide bonds. The molecule has 5 N–H and O–H groups in total. The number of rotatable bonds is 4. The summed E-state index contributed by atoms with van der Waals surface area (Å²) in [5.74, 6) is -0.118. The lowest BCUT2D eigenvalue weighted by atomic mass is 10.1. The van der Waals surface area contributed by atoms with Gasteiger partial charge in [0, 0.05) is 23.5 Å². The van der Waals surface area contributed by atoms with Gasteiger partial charge in [-0.15, -0.1) is 0 Å². The lowest BCUT2D eigenvalue weighted by Crippen LogP contribution is -2.51. The van der Waals surface area contributed by atoms with E-state index in [0.29, 0.717) is 11.7 Å². The molecule has 0 bridgehead atoms. The fourth-order valence-corrected chi connectivity index (χ4v) is 1.99. The van der Waals surface area contributed by atoms with Gasteiger partial charge in [0.15, 0.2) is 0 Å². The number of hydrogen-bond donors (Lipinski definition) is 3. The van der Waals surface area contributed by atoms with Crippen LogP contribution in [0.1, 0.15) is 25.3 Å². The Hall–Kier alpha value is -2.08. The first-order valence-corrected chi connectivity index (χ1v) is 6.21. The monoisotopic (exact) mass is 261 g/mol. The Bertz CT molecular complexity index is 508. The van der Waals surface area contributed by atoms with E-state index in [0.717, 1.165) is 24.1 Å². The largest absolute Gasteiger partial charge is 0.481 e. The van der Waals surface area contributed by atoms with Crippen LogP contribution in [0.2, 0.25) is 0 Å². The van der Waals surface area contributed by atoms with Gasteiger partial charge in [0.05, 0.1) is 7.11 Å². The van der Waals surface area contributed by atoms with Crippen molar-refractivity contribution in [3.05, 3.63) is 35.7 Å². The zero-order chi connectivity index (χ0) is 13.9. The molecule has 0 saturated carbocycles. The van der Waals surface area contributed by atoms with Crippen molar-refractivity contribution in [3.63, 3.8) is 0 Å². The second-order valence-corrected chi connectivity index (χ2v) is 4.44. The number of amidine groups is 1. The first-order valence-electron chi connectivity index (χ1n) is 6.21. The molecule has 6 nitrogen and oxygen atoms in total. The van der Waals surface area contributed by atoms with Gasteiger partial charge in [-0.25, -0.2) is 9.98 Å². The number of aliphatic imine (C=N–C) groups is 1. The smallest absolute Gasteiger partial charge is 0.212 e. The van der Waals surface area contributed by atoms with E-state index in [1.165, 1.54) is 0 Å². The van der Waals surface area contributed by atoms with Gasteiger partial charge in [-0.05, 0) is 18.6 Å². The number of hydrogen-bond acceptors (Lipinski definition) is 6. The Morgan fingerprint density at radius 2 is 2.21 bits per heavy atom. The van der Waals surface area contributed by atoms with E-state index in [-0.39, 0.29) is 0 Å². The van der Waals surface area contributed by atoms with Crippen LogP contribution in [0, 0.1) is 0 Å². The maximum atomic E-state index is 6.28. The van der Waals surface area contributed by atoms with E-state index in [9.17, 15) is 0 Å². The van der Waals surface area contributed by atoms with Gasteiger partial charge in [0.1, 0.15) is 5.84 Å². The third-order valence-electron chi connectivity index (χ3n) is 2.88. The first kappa shape index (κ1) is 13.4. The molecule has 2 heterocycles. The van der Waals surface area contributed by atoms with Crippen LogP contribution in [0.3, 0.4) is 0 Å². The fourth-order valence-electron chi connectivity index (χ4n) is 1.99. The number of pyridine rings is 1. The topological polar surface area (TPSA) is 98.5 Å². The van der Waals surface area contributed by atoms with Gasteiger partial charge >= 0.3 is 0 Å². The number of nitrogens with one attached hydrogen (secondary N) is 1. The number of methoxy groups -OCH3 is 1. The van der Waals surface area contributed by atoms with Crippen molar-refractivity contribution in [2.24, 2.45) is 16.5 Å². The van der Waals surface area contributed by atoms with E-state index in [2.05, 4.69) is 22.2 Å². The molecule has 0 fully saturated rings. The Labute approximate surface area is 112 Å². The second kappa shape index (κ2) is 5.27. The Morgan fingerprint density at radius 1 is 1.42 bits per heavy atom. The van der Waals surface area contributed by atoms with E-state index >= 15 is 0 Å². The lowest BCUT2D eigenvalue weighted by molar-refractivity contribution is 0.377. The zero-order valence-corrected chi connectivity index (χ0v) is 11.2. The summed E-state index contributed by atoms with van der Waals surface area (Å²) in [6.07, 6.45) is 5.32. The normalized spacial score (nSPS) is 22.3. The average Bonchev–Trinajstić information content (AvgIpc) is 2.38. The van der Waals surface area contributed by atoms with Gasteiger partial charge in [0.2, 0.25) is 11.7 Å². The van der Waals surface area contributed by atoms with Crippen LogP contribution in [0.25, 0.3) is 0 Å². The maximum absolute atomic E-state index is 6.28. The van der Waals surface area contributed by atoms with Crippen molar-refractivity contribution in [3.8, 4) is 5.88 Å². The summed E-state index contributed by atoms with van der Waals surface area (Å²) in [5.41, 5.74) is 13.8. The molecule has 0 saturated heterocycles. The minimum Gasteiger partial charge on any atom is -0.481 e. The van der Waals surface area contributed by atoms with Crippen LogP contribution in [0.15, 0.2) is 35.1 Å². The zero-order valence-electron chi connectivity index (χ0n) is 11.2. The molecular weight excluding hydrogens is 242 g/mol. The van der Waals surface area contributed by atoms with Gasteiger partial charge in [-0.1, -0.05) is 13.3 Å². The SMILES string of the molecule is CCCC1=CC(N)=NC(N)(c2ccc(OC)nc2)N1. The summed E-state index contributed by atoms with van der Waals surface area (Å²) >= 11 is 0. The van der Waals surface area contributed by atoms with Crippen LogP contribution in [0.5, 0.6) is 5.88 Å². The minimum absolute atomic E-state index is 0.417. The van der Waals surface area contributed by atoms with E-state index < -0.39 is 5.79 Å². The van der Waals surface area contributed by atoms with E-state index in [1.54, 1.807) is 19.4 Å². The summed E-state index contributed by atoms with van der Waals surface area (Å²) in [6, 6.07) is 3.57. The van der Waals surface area contributed by atoms with Crippen molar-refractivity contribution >= 4 is 5.84 Å². The van der Waals surface area contributed by atoms with Crippen molar-refractivity contribution < 1.29 is 4.74 Å². The number of nitrogens with two attached hydrogens (primary N) is 2. The average molecular weight is 261 g/mol. The van der Waals surface area contributed by atoms with E-state index in [4.69, 9.17) is 16.2 Å². The highest BCUT2D eigenvalue weighted by Crippen LogP contribution is 2.23. The third-order valence-corrected chi connectivity index (χ3v) is 2.88. The van der Waals surface area contributed by atoms with Crippen LogP contribution in [-0.4, -0.2) is 17.9 Å². The summed E-state index contributed by atoms with van der Waals surface area (Å²) in [5, 5.41) is 3.21. The summed E-state index contributed by atoms with van der Waals surface area (Å²) in [6.45, 7) is 2.09. The molecule has 0 aromatic carbocycles. The molecule has 102 valence electrons. The van der Waals surface area contributed by atoms with E-state index in [1.807, 2.05) is 12.1 Å². The van der Waals surface area contributed by atoms with Crippen molar-refractivity contribution in [2.45, 2.75) is 25.6 Å². The Balaban J connectivity index is 2.29. The number of allylic oxidation sites excluding steroid dienone is 1. The predicted molar refractivity (Wildman–Crippen MR) is 74.4 cm³/mol. The molecule has 19 heavy (non-hydrogen) atoms. The molecule has 1 aromatic heterocycles. The van der Waals surface area contributed by atoms with Crippen LogP contribution in [-0.2, 0) is 5.79 Å². The second-order valence-electron chi connectivity index (χ2n) is 4.44. The van der Waals surface area contributed by atoms with Crippen LogP contribution in [0.4, 0.5) is 0 Å². The molecule has 1 atom stereocenters. The number of ether oxygens (including phenoxy) is 1. The molecule has 0 spiro atoms. The molecule has 2 rings (SSSR count). The summed E-state index contributed by atoms with van der Waals surface area (Å²) in [4.78, 5) is 8.42. The van der Waals surface area contributed by atoms with Crippen molar-refractivity contribution in [2.75, 3.05) is 7.11 Å². The minimum atomic E-state index is -1.07. The summed E-state index contributed by atoms with van der Waals surface area (Å²) < 4.78 is 5.03. The third kappa shape index (κ3) is 2.85.